The Labute approximate surface area is 151 Å². The van der Waals surface area contributed by atoms with Crippen molar-refractivity contribution in [2.24, 2.45) is 0 Å². The molecule has 1 aliphatic rings. The molecule has 1 amide bonds. The minimum absolute atomic E-state index is 0.0122. The predicted octanol–water partition coefficient (Wildman–Crippen LogP) is 3.80. The number of hydrogen-bond acceptors (Lipinski definition) is 5. The zero-order valence-corrected chi connectivity index (χ0v) is 15.2. The maximum atomic E-state index is 12.5. The molecule has 0 saturated heterocycles. The molecule has 0 atom stereocenters. The summed E-state index contributed by atoms with van der Waals surface area (Å²) < 4.78 is 10.7. The quantitative estimate of drug-likeness (QED) is 0.706. The Balaban J connectivity index is 1.57. The fourth-order valence-electron chi connectivity index (χ4n) is 2.72. The van der Waals surface area contributed by atoms with Crippen LogP contribution in [0.15, 0.2) is 30.3 Å². The maximum absolute atomic E-state index is 12.5. The summed E-state index contributed by atoms with van der Waals surface area (Å²) in [6.45, 7) is 5.24. The molecule has 25 heavy (non-hydrogen) atoms. The number of ether oxygens (including phenoxy) is 2. The zero-order chi connectivity index (χ0) is 17.8. The summed E-state index contributed by atoms with van der Waals surface area (Å²) in [7, 11) is 0. The average molecular weight is 359 g/mol. The van der Waals surface area contributed by atoms with Crippen molar-refractivity contribution < 1.29 is 19.1 Å². The molecule has 2 heterocycles. The molecule has 0 saturated carbocycles. The van der Waals surface area contributed by atoms with Gasteiger partial charge in [0.25, 0.3) is 0 Å². The molecular formula is C19H21NO4S. The number of carbonyl (C=O) groups excluding carboxylic acids is 2. The average Bonchev–Trinajstić information content (AvgIpc) is 3.25. The third-order valence-electron chi connectivity index (χ3n) is 4.13. The van der Waals surface area contributed by atoms with Crippen molar-refractivity contribution in [2.45, 2.75) is 33.2 Å². The number of rotatable bonds is 7. The van der Waals surface area contributed by atoms with E-state index in [1.165, 1.54) is 11.3 Å². The van der Waals surface area contributed by atoms with E-state index in [-0.39, 0.29) is 31.3 Å². The first-order chi connectivity index (χ1) is 12.1. The lowest BCUT2D eigenvalue weighted by Crippen LogP contribution is -2.30. The van der Waals surface area contributed by atoms with E-state index >= 15 is 0 Å². The lowest BCUT2D eigenvalue weighted by Gasteiger charge is -2.21. The van der Waals surface area contributed by atoms with E-state index in [1.54, 1.807) is 4.90 Å². The van der Waals surface area contributed by atoms with Crippen molar-refractivity contribution in [3.05, 3.63) is 45.6 Å². The summed E-state index contributed by atoms with van der Waals surface area (Å²) in [4.78, 5) is 28.2. The van der Waals surface area contributed by atoms with Gasteiger partial charge in [-0.3, -0.25) is 9.59 Å². The summed E-state index contributed by atoms with van der Waals surface area (Å²) >= 11 is 1.48. The Kier molecular flexibility index (Phi) is 5.38. The molecule has 0 unspecified atom stereocenters. The first-order valence-electron chi connectivity index (χ1n) is 8.32. The second kappa shape index (κ2) is 7.70. The van der Waals surface area contributed by atoms with Gasteiger partial charge in [-0.05, 0) is 43.7 Å². The molecule has 1 aromatic carbocycles. The highest BCUT2D eigenvalue weighted by Crippen LogP contribution is 2.32. The van der Waals surface area contributed by atoms with Crippen LogP contribution in [0.2, 0.25) is 0 Å². The molecule has 1 aromatic heterocycles. The summed E-state index contributed by atoms with van der Waals surface area (Å²) in [5.74, 6) is 1.46. The third kappa shape index (κ3) is 4.20. The Hall–Kier alpha value is -2.34. The second-order valence-corrected chi connectivity index (χ2v) is 7.22. The summed E-state index contributed by atoms with van der Waals surface area (Å²) in [6, 6.07) is 9.45. The Morgan fingerprint density at radius 3 is 2.64 bits per heavy atom. The predicted molar refractivity (Wildman–Crippen MR) is 96.3 cm³/mol. The van der Waals surface area contributed by atoms with E-state index in [1.807, 2.05) is 44.2 Å². The van der Waals surface area contributed by atoms with Crippen LogP contribution in [0.5, 0.6) is 11.5 Å². The molecule has 6 heteroatoms. The monoisotopic (exact) mass is 359 g/mol. The van der Waals surface area contributed by atoms with E-state index in [2.05, 4.69) is 0 Å². The number of amides is 1. The standard InChI is InChI=1S/C19H21NO4S/c1-3-20(11-14-5-7-16-17(10-14)24-12-23-16)19(22)9-6-15(21)18-8-4-13(2)25-18/h4-5,7-8,10H,3,6,9,11-12H2,1-2H3. The van der Waals surface area contributed by atoms with Crippen molar-refractivity contribution in [1.82, 2.24) is 4.90 Å². The molecule has 2 aromatic rings. The van der Waals surface area contributed by atoms with Crippen molar-refractivity contribution in [3.8, 4) is 11.5 Å². The Bertz CT molecular complexity index is 783. The van der Waals surface area contributed by atoms with Gasteiger partial charge in [0.2, 0.25) is 12.7 Å². The first-order valence-corrected chi connectivity index (χ1v) is 9.14. The van der Waals surface area contributed by atoms with E-state index in [0.29, 0.717) is 18.8 Å². The van der Waals surface area contributed by atoms with Gasteiger partial charge in [0.05, 0.1) is 4.88 Å². The molecule has 0 bridgehead atoms. The number of carbonyl (C=O) groups is 2. The largest absolute Gasteiger partial charge is 0.454 e. The SMILES string of the molecule is CCN(Cc1ccc2c(c1)OCO2)C(=O)CCC(=O)c1ccc(C)s1. The molecule has 0 spiro atoms. The van der Waals surface area contributed by atoms with E-state index in [4.69, 9.17) is 9.47 Å². The molecule has 0 aliphatic carbocycles. The highest BCUT2D eigenvalue weighted by atomic mass is 32.1. The van der Waals surface area contributed by atoms with Gasteiger partial charge in [0, 0.05) is 30.8 Å². The molecular weight excluding hydrogens is 338 g/mol. The number of Topliss-reactive ketones (excluding diaryl/α,β-unsaturated/α-hetero) is 1. The number of fused-ring (bicyclic) bond motifs is 1. The van der Waals surface area contributed by atoms with Gasteiger partial charge >= 0.3 is 0 Å². The van der Waals surface area contributed by atoms with Gasteiger partial charge in [-0.25, -0.2) is 0 Å². The molecule has 0 N–H and O–H groups in total. The number of nitrogens with zero attached hydrogens (tertiary/aromatic N) is 1. The molecule has 5 nitrogen and oxygen atoms in total. The van der Waals surface area contributed by atoms with Crippen LogP contribution in [0.3, 0.4) is 0 Å². The number of hydrogen-bond donors (Lipinski definition) is 0. The first kappa shape index (κ1) is 17.5. The smallest absolute Gasteiger partial charge is 0.231 e. The van der Waals surface area contributed by atoms with Crippen LogP contribution >= 0.6 is 11.3 Å². The van der Waals surface area contributed by atoms with Crippen molar-refractivity contribution in [2.75, 3.05) is 13.3 Å². The minimum atomic E-state index is -0.0122. The zero-order valence-electron chi connectivity index (χ0n) is 14.4. The van der Waals surface area contributed by atoms with Crippen LogP contribution in [-0.4, -0.2) is 29.9 Å². The Morgan fingerprint density at radius 1 is 1.12 bits per heavy atom. The molecule has 132 valence electrons. The summed E-state index contributed by atoms with van der Waals surface area (Å²) in [5, 5.41) is 0. The van der Waals surface area contributed by atoms with Gasteiger partial charge in [-0.2, -0.15) is 0 Å². The van der Waals surface area contributed by atoms with Crippen molar-refractivity contribution >= 4 is 23.0 Å². The third-order valence-corrected chi connectivity index (χ3v) is 5.17. The fourth-order valence-corrected chi connectivity index (χ4v) is 3.56. The van der Waals surface area contributed by atoms with Crippen LogP contribution in [0.25, 0.3) is 0 Å². The number of ketones is 1. The Morgan fingerprint density at radius 2 is 1.92 bits per heavy atom. The summed E-state index contributed by atoms with van der Waals surface area (Å²) in [6.07, 6.45) is 0.477. The van der Waals surface area contributed by atoms with E-state index in [9.17, 15) is 9.59 Å². The highest BCUT2D eigenvalue weighted by molar-refractivity contribution is 7.14. The van der Waals surface area contributed by atoms with Crippen LogP contribution in [0.4, 0.5) is 0 Å². The summed E-state index contributed by atoms with van der Waals surface area (Å²) in [5.41, 5.74) is 0.986. The highest BCUT2D eigenvalue weighted by Gasteiger charge is 2.18. The van der Waals surface area contributed by atoms with Crippen LogP contribution in [0, 0.1) is 6.92 Å². The number of benzene rings is 1. The maximum Gasteiger partial charge on any atom is 0.231 e. The van der Waals surface area contributed by atoms with Crippen molar-refractivity contribution in [1.29, 1.82) is 0 Å². The van der Waals surface area contributed by atoms with Gasteiger partial charge in [-0.15, -0.1) is 11.3 Å². The fraction of sp³-hybridized carbons (Fsp3) is 0.368. The van der Waals surface area contributed by atoms with Gasteiger partial charge in [0.15, 0.2) is 17.3 Å². The lowest BCUT2D eigenvalue weighted by molar-refractivity contribution is -0.131. The van der Waals surface area contributed by atoms with Gasteiger partial charge in [0.1, 0.15) is 0 Å². The van der Waals surface area contributed by atoms with E-state index < -0.39 is 0 Å². The van der Waals surface area contributed by atoms with Gasteiger partial charge < -0.3 is 14.4 Å². The molecule has 1 aliphatic heterocycles. The topological polar surface area (TPSA) is 55.8 Å². The molecule has 0 fully saturated rings. The molecule has 0 radical (unpaired) electrons. The van der Waals surface area contributed by atoms with Crippen LogP contribution in [-0.2, 0) is 11.3 Å². The molecule has 3 rings (SSSR count). The number of aryl methyl sites for hydroxylation is 1. The van der Waals surface area contributed by atoms with Crippen LogP contribution < -0.4 is 9.47 Å². The second-order valence-electron chi connectivity index (χ2n) is 5.93. The normalized spacial score (nSPS) is 12.2. The van der Waals surface area contributed by atoms with E-state index in [0.717, 1.165) is 21.1 Å². The van der Waals surface area contributed by atoms with Crippen LogP contribution in [0.1, 0.15) is 39.9 Å². The lowest BCUT2D eigenvalue weighted by atomic mass is 10.1. The number of thiophene rings is 1. The van der Waals surface area contributed by atoms with Gasteiger partial charge in [-0.1, -0.05) is 6.07 Å². The van der Waals surface area contributed by atoms with Crippen molar-refractivity contribution in [3.63, 3.8) is 0 Å². The minimum Gasteiger partial charge on any atom is -0.454 e.